The van der Waals surface area contributed by atoms with Crippen molar-refractivity contribution < 1.29 is 18.7 Å². The van der Waals surface area contributed by atoms with Gasteiger partial charge in [-0.2, -0.15) is 10.4 Å². The highest BCUT2D eigenvalue weighted by molar-refractivity contribution is 5.96. The number of hydrogen-bond donors (Lipinski definition) is 0. The number of esters is 1. The summed E-state index contributed by atoms with van der Waals surface area (Å²) >= 11 is 0. The summed E-state index contributed by atoms with van der Waals surface area (Å²) in [6.45, 7) is -0.363. The Bertz CT molecular complexity index is 974. The molecule has 3 aromatic rings. The summed E-state index contributed by atoms with van der Waals surface area (Å²) in [4.78, 5) is 12.3. The van der Waals surface area contributed by atoms with Crippen LogP contribution < -0.4 is 4.74 Å². The van der Waals surface area contributed by atoms with Crippen LogP contribution in [0.4, 0.5) is 4.39 Å². The van der Waals surface area contributed by atoms with E-state index >= 15 is 0 Å². The molecule has 0 saturated carbocycles. The monoisotopic (exact) mass is 351 g/mol. The molecule has 0 fully saturated rings. The van der Waals surface area contributed by atoms with Crippen LogP contribution in [0, 0.1) is 17.1 Å². The van der Waals surface area contributed by atoms with Crippen molar-refractivity contribution in [3.05, 3.63) is 66.1 Å². The van der Waals surface area contributed by atoms with E-state index in [9.17, 15) is 9.18 Å². The average molecular weight is 351 g/mol. The van der Waals surface area contributed by atoms with Crippen molar-refractivity contribution in [1.29, 1.82) is 5.26 Å². The highest BCUT2D eigenvalue weighted by Crippen LogP contribution is 2.27. The van der Waals surface area contributed by atoms with E-state index in [0.29, 0.717) is 22.7 Å². The highest BCUT2D eigenvalue weighted by atomic mass is 19.1. The summed E-state index contributed by atoms with van der Waals surface area (Å²) in [5.74, 6) is -0.435. The van der Waals surface area contributed by atoms with Crippen LogP contribution in [0.5, 0.6) is 5.75 Å². The highest BCUT2D eigenvalue weighted by Gasteiger charge is 2.20. The smallest absolute Gasteiger partial charge is 0.343 e. The maximum atomic E-state index is 13.2. The Morgan fingerprint density at radius 2 is 2.04 bits per heavy atom. The quantitative estimate of drug-likeness (QED) is 0.659. The first-order valence-corrected chi connectivity index (χ1v) is 7.66. The number of ether oxygens (including phenoxy) is 2. The lowest BCUT2D eigenvalue weighted by atomic mass is 10.1. The van der Waals surface area contributed by atoms with Crippen molar-refractivity contribution in [3.8, 4) is 28.8 Å². The van der Waals surface area contributed by atoms with Crippen LogP contribution in [-0.2, 0) is 4.74 Å². The molecule has 0 spiro atoms. The summed E-state index contributed by atoms with van der Waals surface area (Å²) in [5.41, 5.74) is 1.79. The molecule has 0 aliphatic carbocycles. The molecule has 7 heteroatoms. The van der Waals surface area contributed by atoms with Gasteiger partial charge < -0.3 is 9.47 Å². The zero-order valence-corrected chi connectivity index (χ0v) is 13.8. The minimum atomic E-state index is -0.669. The molecule has 0 bridgehead atoms. The maximum absolute atomic E-state index is 13.2. The molecule has 0 unspecified atom stereocenters. The van der Waals surface area contributed by atoms with Crippen molar-refractivity contribution in [2.75, 3.05) is 13.7 Å². The van der Waals surface area contributed by atoms with E-state index in [0.717, 1.165) is 0 Å². The van der Waals surface area contributed by atoms with Crippen LogP contribution >= 0.6 is 0 Å². The normalized spacial score (nSPS) is 10.2. The molecular formula is C19H14FN3O3. The molecular weight excluding hydrogens is 337 g/mol. The maximum Gasteiger partial charge on any atom is 0.343 e. The van der Waals surface area contributed by atoms with Crippen LogP contribution in [0.1, 0.15) is 10.4 Å². The van der Waals surface area contributed by atoms with E-state index in [4.69, 9.17) is 14.7 Å². The Balaban J connectivity index is 2.09. The Morgan fingerprint density at radius 1 is 1.27 bits per heavy atom. The third kappa shape index (κ3) is 3.54. The fourth-order valence-electron chi connectivity index (χ4n) is 2.41. The Labute approximate surface area is 149 Å². The lowest BCUT2D eigenvalue weighted by Gasteiger charge is -2.04. The van der Waals surface area contributed by atoms with Gasteiger partial charge in [0.15, 0.2) is 6.61 Å². The first kappa shape index (κ1) is 17.2. The predicted molar refractivity (Wildman–Crippen MR) is 91.4 cm³/mol. The SMILES string of the molecule is COc1cccc(-c2nn(-c3ccc(F)cc3)cc2C(=O)OCC#N)c1. The Kier molecular flexibility index (Phi) is 4.94. The van der Waals surface area contributed by atoms with Gasteiger partial charge in [0.2, 0.25) is 0 Å². The van der Waals surface area contributed by atoms with Crippen LogP contribution in [0.25, 0.3) is 16.9 Å². The van der Waals surface area contributed by atoms with E-state index in [1.165, 1.54) is 23.0 Å². The van der Waals surface area contributed by atoms with Crippen molar-refractivity contribution in [2.45, 2.75) is 0 Å². The molecule has 1 heterocycles. The van der Waals surface area contributed by atoms with E-state index in [1.807, 2.05) is 0 Å². The van der Waals surface area contributed by atoms with Gasteiger partial charge in [-0.15, -0.1) is 0 Å². The van der Waals surface area contributed by atoms with Gasteiger partial charge in [-0.05, 0) is 36.4 Å². The summed E-state index contributed by atoms with van der Waals surface area (Å²) in [6.07, 6.45) is 1.49. The average Bonchev–Trinajstić information content (AvgIpc) is 3.12. The molecule has 0 aliphatic rings. The molecule has 0 atom stereocenters. The number of benzene rings is 2. The van der Waals surface area contributed by atoms with Crippen LogP contribution in [0.3, 0.4) is 0 Å². The number of methoxy groups -OCH3 is 1. The second-order valence-electron chi connectivity index (χ2n) is 5.28. The van der Waals surface area contributed by atoms with Gasteiger partial charge in [-0.25, -0.2) is 13.9 Å². The van der Waals surface area contributed by atoms with E-state index in [1.54, 1.807) is 49.6 Å². The first-order chi connectivity index (χ1) is 12.6. The molecule has 26 heavy (non-hydrogen) atoms. The van der Waals surface area contributed by atoms with E-state index in [-0.39, 0.29) is 18.0 Å². The number of rotatable bonds is 5. The summed E-state index contributed by atoms with van der Waals surface area (Å²) < 4.78 is 24.7. The van der Waals surface area contributed by atoms with Gasteiger partial charge in [0, 0.05) is 11.8 Å². The molecule has 0 amide bonds. The number of aromatic nitrogens is 2. The fourth-order valence-corrected chi connectivity index (χ4v) is 2.41. The lowest BCUT2D eigenvalue weighted by Crippen LogP contribution is -2.05. The van der Waals surface area contributed by atoms with Crippen molar-refractivity contribution >= 4 is 5.97 Å². The van der Waals surface area contributed by atoms with Gasteiger partial charge in [0.05, 0.1) is 12.8 Å². The molecule has 2 aromatic carbocycles. The third-order valence-corrected chi connectivity index (χ3v) is 3.64. The second-order valence-corrected chi connectivity index (χ2v) is 5.28. The molecule has 0 saturated heterocycles. The van der Waals surface area contributed by atoms with Gasteiger partial charge in [0.1, 0.15) is 28.9 Å². The Morgan fingerprint density at radius 3 is 2.73 bits per heavy atom. The number of carbonyl (C=O) groups excluding carboxylic acids is 1. The number of carbonyl (C=O) groups is 1. The summed E-state index contributed by atoms with van der Waals surface area (Å²) in [7, 11) is 1.54. The molecule has 3 rings (SSSR count). The van der Waals surface area contributed by atoms with Crippen molar-refractivity contribution in [2.24, 2.45) is 0 Å². The van der Waals surface area contributed by atoms with Gasteiger partial charge in [-0.1, -0.05) is 12.1 Å². The van der Waals surface area contributed by atoms with Gasteiger partial charge >= 0.3 is 5.97 Å². The summed E-state index contributed by atoms with van der Waals surface area (Å²) in [6, 6.07) is 14.5. The first-order valence-electron chi connectivity index (χ1n) is 7.66. The molecule has 0 aliphatic heterocycles. The van der Waals surface area contributed by atoms with Gasteiger partial charge in [-0.3, -0.25) is 0 Å². The third-order valence-electron chi connectivity index (χ3n) is 3.64. The van der Waals surface area contributed by atoms with Gasteiger partial charge in [0.25, 0.3) is 0 Å². The van der Waals surface area contributed by atoms with E-state index < -0.39 is 5.97 Å². The fraction of sp³-hybridized carbons (Fsp3) is 0.105. The molecule has 0 N–H and O–H groups in total. The van der Waals surface area contributed by atoms with Crippen molar-refractivity contribution in [3.63, 3.8) is 0 Å². The zero-order valence-electron chi connectivity index (χ0n) is 13.8. The van der Waals surface area contributed by atoms with Crippen LogP contribution in [-0.4, -0.2) is 29.5 Å². The van der Waals surface area contributed by atoms with E-state index in [2.05, 4.69) is 5.10 Å². The largest absolute Gasteiger partial charge is 0.497 e. The number of nitriles is 1. The van der Waals surface area contributed by atoms with Crippen LogP contribution in [0.15, 0.2) is 54.7 Å². The topological polar surface area (TPSA) is 77.1 Å². The van der Waals surface area contributed by atoms with Crippen molar-refractivity contribution in [1.82, 2.24) is 9.78 Å². The van der Waals surface area contributed by atoms with Crippen LogP contribution in [0.2, 0.25) is 0 Å². The number of nitrogens with zero attached hydrogens (tertiary/aromatic N) is 3. The molecule has 6 nitrogen and oxygen atoms in total. The standard InChI is InChI=1S/C19H14FN3O3/c1-25-16-4-2-3-13(11-16)18-17(19(24)26-10-9-21)12-23(22-18)15-7-5-14(20)6-8-15/h2-8,11-12H,10H2,1H3. The minimum Gasteiger partial charge on any atom is -0.497 e. The molecule has 130 valence electrons. The Hall–Kier alpha value is -3.66. The molecule has 1 aromatic heterocycles. The second kappa shape index (κ2) is 7.49. The summed E-state index contributed by atoms with van der Waals surface area (Å²) in [5, 5.41) is 13.1. The minimum absolute atomic E-state index is 0.192. The number of halogens is 1. The molecule has 0 radical (unpaired) electrons. The number of hydrogen-bond acceptors (Lipinski definition) is 5. The zero-order chi connectivity index (χ0) is 18.5. The predicted octanol–water partition coefficient (Wildman–Crippen LogP) is 3.37. The lowest BCUT2D eigenvalue weighted by molar-refractivity contribution is 0.0556.